The Labute approximate surface area is 96.8 Å². The Morgan fingerprint density at radius 1 is 1.00 bits per heavy atom. The molecule has 0 amide bonds. The Bertz CT molecular complexity index is 645. The summed E-state index contributed by atoms with van der Waals surface area (Å²) in [6, 6.07) is 14.4. The molecule has 2 nitrogen and oxygen atoms in total. The smallest absolute Gasteiger partial charge is 0.222 e. The summed E-state index contributed by atoms with van der Waals surface area (Å²) < 4.78 is 0. The maximum atomic E-state index is 9.23. The Morgan fingerprint density at radius 3 is 2.56 bits per heavy atom. The van der Waals surface area contributed by atoms with E-state index >= 15 is 0 Å². The molecule has 1 N–H and O–H groups in total. The highest BCUT2D eigenvalue weighted by atomic mass is 32.1. The zero-order valence-electron chi connectivity index (χ0n) is 8.42. The van der Waals surface area contributed by atoms with Crippen molar-refractivity contribution in [1.82, 2.24) is 4.98 Å². The largest absolute Gasteiger partial charge is 0.493 e. The molecular weight excluding hydrogens is 218 g/mol. The molecule has 1 aromatic heterocycles. The maximum Gasteiger partial charge on any atom is 0.222 e. The summed E-state index contributed by atoms with van der Waals surface area (Å²) in [5.41, 5.74) is 1.05. The molecule has 0 aliphatic rings. The van der Waals surface area contributed by atoms with Gasteiger partial charge < -0.3 is 5.11 Å². The van der Waals surface area contributed by atoms with Crippen molar-refractivity contribution in [3.05, 3.63) is 47.8 Å². The van der Waals surface area contributed by atoms with E-state index in [1.165, 1.54) is 22.1 Å². The van der Waals surface area contributed by atoms with Crippen molar-refractivity contribution in [3.8, 4) is 16.5 Å². The van der Waals surface area contributed by atoms with Gasteiger partial charge in [-0.2, -0.15) is 0 Å². The summed E-state index contributed by atoms with van der Waals surface area (Å²) in [5.74, 6) is 0.0909. The van der Waals surface area contributed by atoms with Crippen LogP contribution < -0.4 is 0 Å². The Morgan fingerprint density at radius 2 is 1.81 bits per heavy atom. The zero-order valence-corrected chi connectivity index (χ0v) is 9.24. The lowest BCUT2D eigenvalue weighted by molar-refractivity contribution is 0.458. The first-order chi connectivity index (χ1) is 7.83. The van der Waals surface area contributed by atoms with Crippen molar-refractivity contribution in [2.75, 3.05) is 0 Å². The molecule has 0 atom stereocenters. The minimum Gasteiger partial charge on any atom is -0.493 e. The zero-order chi connectivity index (χ0) is 11.0. The third-order valence-electron chi connectivity index (χ3n) is 2.49. The van der Waals surface area contributed by atoms with Crippen LogP contribution in [0.4, 0.5) is 0 Å². The number of thiazole rings is 1. The first-order valence-corrected chi connectivity index (χ1v) is 5.84. The second kappa shape index (κ2) is 3.61. The molecule has 78 valence electrons. The minimum absolute atomic E-state index is 0.0909. The number of nitrogens with zero attached hydrogens (tertiary/aromatic N) is 1. The van der Waals surface area contributed by atoms with Gasteiger partial charge in [-0.05, 0) is 16.8 Å². The van der Waals surface area contributed by atoms with E-state index in [9.17, 15) is 5.11 Å². The Kier molecular flexibility index (Phi) is 2.11. The van der Waals surface area contributed by atoms with E-state index in [0.29, 0.717) is 0 Å². The molecule has 3 heteroatoms. The topological polar surface area (TPSA) is 33.1 Å². The van der Waals surface area contributed by atoms with E-state index < -0.39 is 0 Å². The quantitative estimate of drug-likeness (QED) is 0.688. The number of rotatable bonds is 1. The van der Waals surface area contributed by atoms with Gasteiger partial charge in [0.05, 0.1) is 5.38 Å². The summed E-state index contributed by atoms with van der Waals surface area (Å²) >= 11 is 1.45. The molecule has 0 saturated heterocycles. The standard InChI is InChI=1S/C13H9NOS/c15-12-8-16-13(14-12)11-6-5-9-3-1-2-4-10(9)7-11/h1-8,15H. The lowest BCUT2D eigenvalue weighted by atomic mass is 10.1. The molecule has 0 radical (unpaired) electrons. The van der Waals surface area contributed by atoms with Crippen LogP contribution in [-0.4, -0.2) is 10.1 Å². The molecule has 2 aromatic carbocycles. The highest BCUT2D eigenvalue weighted by Crippen LogP contribution is 2.28. The van der Waals surface area contributed by atoms with Crippen LogP contribution in [0.5, 0.6) is 5.88 Å². The molecule has 3 aromatic rings. The highest BCUT2D eigenvalue weighted by Gasteiger charge is 2.04. The van der Waals surface area contributed by atoms with Gasteiger partial charge in [0.1, 0.15) is 5.01 Å². The van der Waals surface area contributed by atoms with E-state index in [-0.39, 0.29) is 5.88 Å². The molecule has 16 heavy (non-hydrogen) atoms. The summed E-state index contributed by atoms with van der Waals surface area (Å²) in [5, 5.41) is 14.1. The van der Waals surface area contributed by atoms with Gasteiger partial charge in [0.2, 0.25) is 5.88 Å². The molecule has 0 aliphatic carbocycles. The van der Waals surface area contributed by atoms with Crippen LogP contribution in [0, 0.1) is 0 Å². The number of hydrogen-bond acceptors (Lipinski definition) is 3. The predicted octanol–water partition coefficient (Wildman–Crippen LogP) is 3.67. The molecule has 0 bridgehead atoms. The number of benzene rings is 2. The van der Waals surface area contributed by atoms with Crippen LogP contribution in [-0.2, 0) is 0 Å². The first-order valence-electron chi connectivity index (χ1n) is 4.96. The lowest BCUT2D eigenvalue weighted by Gasteiger charge is -2.00. The summed E-state index contributed by atoms with van der Waals surface area (Å²) in [6.07, 6.45) is 0. The van der Waals surface area contributed by atoms with Crippen molar-refractivity contribution in [2.24, 2.45) is 0 Å². The lowest BCUT2D eigenvalue weighted by Crippen LogP contribution is -1.77. The number of aromatic nitrogens is 1. The number of fused-ring (bicyclic) bond motifs is 1. The fourth-order valence-electron chi connectivity index (χ4n) is 1.72. The van der Waals surface area contributed by atoms with Gasteiger partial charge in [0.15, 0.2) is 0 Å². The van der Waals surface area contributed by atoms with Crippen LogP contribution in [0.2, 0.25) is 0 Å². The maximum absolute atomic E-state index is 9.23. The second-order valence-electron chi connectivity index (χ2n) is 3.57. The van der Waals surface area contributed by atoms with Crippen LogP contribution >= 0.6 is 11.3 Å². The number of aromatic hydroxyl groups is 1. The summed E-state index contributed by atoms with van der Waals surface area (Å²) in [6.45, 7) is 0. The van der Waals surface area contributed by atoms with E-state index in [4.69, 9.17) is 0 Å². The Hall–Kier alpha value is -1.87. The van der Waals surface area contributed by atoms with Gasteiger partial charge in [0.25, 0.3) is 0 Å². The van der Waals surface area contributed by atoms with Crippen molar-refractivity contribution in [2.45, 2.75) is 0 Å². The average Bonchev–Trinajstić information content (AvgIpc) is 2.75. The predicted molar refractivity (Wildman–Crippen MR) is 66.7 cm³/mol. The van der Waals surface area contributed by atoms with Crippen LogP contribution in [0.15, 0.2) is 47.8 Å². The fourth-order valence-corrected chi connectivity index (χ4v) is 2.40. The highest BCUT2D eigenvalue weighted by molar-refractivity contribution is 7.13. The molecule has 1 heterocycles. The second-order valence-corrected chi connectivity index (χ2v) is 4.43. The van der Waals surface area contributed by atoms with Gasteiger partial charge in [-0.15, -0.1) is 11.3 Å². The molecule has 0 spiro atoms. The van der Waals surface area contributed by atoms with Gasteiger partial charge in [-0.25, -0.2) is 4.98 Å². The molecule has 0 unspecified atom stereocenters. The molecule has 0 saturated carbocycles. The third-order valence-corrected chi connectivity index (χ3v) is 3.37. The van der Waals surface area contributed by atoms with Gasteiger partial charge in [0, 0.05) is 5.56 Å². The van der Waals surface area contributed by atoms with Crippen molar-refractivity contribution < 1.29 is 5.11 Å². The third kappa shape index (κ3) is 1.55. The van der Waals surface area contributed by atoms with E-state index in [1.807, 2.05) is 18.2 Å². The normalized spacial score (nSPS) is 10.8. The molecular formula is C13H9NOS. The van der Waals surface area contributed by atoms with Crippen LogP contribution in [0.1, 0.15) is 0 Å². The van der Waals surface area contributed by atoms with Crippen molar-refractivity contribution in [3.63, 3.8) is 0 Å². The minimum atomic E-state index is 0.0909. The van der Waals surface area contributed by atoms with E-state index in [2.05, 4.69) is 29.2 Å². The monoisotopic (exact) mass is 227 g/mol. The van der Waals surface area contributed by atoms with E-state index in [0.717, 1.165) is 10.6 Å². The fraction of sp³-hybridized carbons (Fsp3) is 0. The van der Waals surface area contributed by atoms with E-state index in [1.54, 1.807) is 5.38 Å². The van der Waals surface area contributed by atoms with Crippen LogP contribution in [0.3, 0.4) is 0 Å². The summed E-state index contributed by atoms with van der Waals surface area (Å²) in [7, 11) is 0. The van der Waals surface area contributed by atoms with Gasteiger partial charge in [-0.3, -0.25) is 0 Å². The van der Waals surface area contributed by atoms with Gasteiger partial charge in [-0.1, -0.05) is 36.4 Å². The van der Waals surface area contributed by atoms with Crippen molar-refractivity contribution >= 4 is 22.1 Å². The number of hydrogen-bond donors (Lipinski definition) is 1. The average molecular weight is 227 g/mol. The molecule has 3 rings (SSSR count). The van der Waals surface area contributed by atoms with Gasteiger partial charge >= 0.3 is 0 Å². The molecule has 0 fully saturated rings. The SMILES string of the molecule is Oc1csc(-c2ccc3ccccc3c2)n1. The first kappa shape index (κ1) is 9.36. The van der Waals surface area contributed by atoms with Crippen LogP contribution in [0.25, 0.3) is 21.3 Å². The van der Waals surface area contributed by atoms with Crippen molar-refractivity contribution in [1.29, 1.82) is 0 Å². The molecule has 0 aliphatic heterocycles. The summed E-state index contributed by atoms with van der Waals surface area (Å²) in [4.78, 5) is 4.06. The Balaban J connectivity index is 2.18.